The molecule has 0 saturated carbocycles. The van der Waals surface area contributed by atoms with Gasteiger partial charge in [0.1, 0.15) is 0 Å². The Morgan fingerprint density at radius 1 is 1.61 bits per heavy atom. The third-order valence-corrected chi connectivity index (χ3v) is 3.03. The Morgan fingerprint density at radius 3 is 2.94 bits per heavy atom. The number of carbonyl (C=O) groups is 1. The number of carbonyl (C=O) groups excluding carboxylic acids is 1. The van der Waals surface area contributed by atoms with Crippen molar-refractivity contribution >= 4 is 5.91 Å². The molecule has 3 N–H and O–H groups in total. The summed E-state index contributed by atoms with van der Waals surface area (Å²) < 4.78 is 5.02. The Balaban J connectivity index is 2.51. The van der Waals surface area contributed by atoms with Gasteiger partial charge < -0.3 is 15.8 Å². The third-order valence-electron chi connectivity index (χ3n) is 3.03. The van der Waals surface area contributed by atoms with E-state index < -0.39 is 6.04 Å². The smallest absolute Gasteiger partial charge is 0.237 e. The molecule has 0 radical (unpaired) electrons. The summed E-state index contributed by atoms with van der Waals surface area (Å²) in [7, 11) is 1.56. The summed E-state index contributed by atoms with van der Waals surface area (Å²) in [5.74, 6) is 0.588. The largest absolute Gasteiger partial charge is 0.481 e. The topological polar surface area (TPSA) is 77.2 Å². The Morgan fingerprint density at radius 2 is 2.33 bits per heavy atom. The number of methoxy groups -OCH3 is 1. The van der Waals surface area contributed by atoms with Crippen LogP contribution in [0.5, 0.6) is 5.88 Å². The molecule has 1 aromatic heterocycles. The van der Waals surface area contributed by atoms with E-state index in [2.05, 4.69) is 10.3 Å². The predicted molar refractivity (Wildman–Crippen MR) is 70.1 cm³/mol. The third kappa shape index (κ3) is 4.00. The second-order valence-corrected chi connectivity index (χ2v) is 4.34. The molecule has 1 heterocycles. The zero-order valence-electron chi connectivity index (χ0n) is 11.1. The minimum absolute atomic E-state index is 0.125. The summed E-state index contributed by atoms with van der Waals surface area (Å²) in [5.41, 5.74) is 6.78. The van der Waals surface area contributed by atoms with Crippen molar-refractivity contribution in [1.29, 1.82) is 0 Å². The van der Waals surface area contributed by atoms with E-state index in [1.54, 1.807) is 19.4 Å². The number of aromatic nitrogens is 1. The van der Waals surface area contributed by atoms with E-state index in [0.717, 1.165) is 12.0 Å². The van der Waals surface area contributed by atoms with Gasteiger partial charge in [-0.15, -0.1) is 0 Å². The maximum atomic E-state index is 11.8. The first kappa shape index (κ1) is 14.4. The zero-order chi connectivity index (χ0) is 13.5. The van der Waals surface area contributed by atoms with E-state index in [4.69, 9.17) is 10.5 Å². The van der Waals surface area contributed by atoms with E-state index in [1.807, 2.05) is 19.9 Å². The quantitative estimate of drug-likeness (QED) is 0.793. The number of rotatable bonds is 6. The first-order valence-electron chi connectivity index (χ1n) is 6.10. The molecule has 0 aliphatic rings. The number of pyridine rings is 1. The molecule has 2 atom stereocenters. The van der Waals surface area contributed by atoms with Crippen molar-refractivity contribution in [3.05, 3.63) is 23.9 Å². The summed E-state index contributed by atoms with van der Waals surface area (Å²) in [4.78, 5) is 15.8. The number of ether oxygens (including phenoxy) is 1. The number of hydrogen-bond acceptors (Lipinski definition) is 4. The van der Waals surface area contributed by atoms with Gasteiger partial charge in [-0.25, -0.2) is 4.98 Å². The molecule has 0 bridgehead atoms. The molecule has 0 saturated heterocycles. The van der Waals surface area contributed by atoms with Crippen molar-refractivity contribution < 1.29 is 9.53 Å². The maximum absolute atomic E-state index is 11.8. The first-order chi connectivity index (χ1) is 8.58. The van der Waals surface area contributed by atoms with Gasteiger partial charge in [0.15, 0.2) is 0 Å². The highest BCUT2D eigenvalue weighted by molar-refractivity contribution is 5.81. The van der Waals surface area contributed by atoms with Crippen LogP contribution in [0.15, 0.2) is 18.3 Å². The van der Waals surface area contributed by atoms with Gasteiger partial charge in [0, 0.05) is 18.8 Å². The summed E-state index contributed by atoms with van der Waals surface area (Å²) in [6.07, 6.45) is 2.53. The fourth-order valence-electron chi connectivity index (χ4n) is 1.49. The van der Waals surface area contributed by atoms with Crippen LogP contribution in [-0.2, 0) is 11.3 Å². The minimum atomic E-state index is -0.460. The van der Waals surface area contributed by atoms with Crippen molar-refractivity contribution in [2.75, 3.05) is 7.11 Å². The number of hydrogen-bond donors (Lipinski definition) is 2. The number of amides is 1. The Hall–Kier alpha value is -1.62. The van der Waals surface area contributed by atoms with Gasteiger partial charge in [0.05, 0.1) is 13.2 Å². The van der Waals surface area contributed by atoms with Crippen LogP contribution in [-0.4, -0.2) is 24.0 Å². The highest BCUT2D eigenvalue weighted by Gasteiger charge is 2.18. The molecule has 0 aliphatic carbocycles. The van der Waals surface area contributed by atoms with Crippen molar-refractivity contribution in [1.82, 2.24) is 10.3 Å². The summed E-state index contributed by atoms with van der Waals surface area (Å²) >= 11 is 0. The second-order valence-electron chi connectivity index (χ2n) is 4.34. The molecule has 0 aromatic carbocycles. The SMILES string of the molecule is CCC(C)C(N)C(=O)NCc1ccnc(OC)c1. The van der Waals surface area contributed by atoms with E-state index in [0.29, 0.717) is 12.4 Å². The first-order valence-corrected chi connectivity index (χ1v) is 6.10. The predicted octanol–water partition coefficient (Wildman–Crippen LogP) is 1.08. The van der Waals surface area contributed by atoms with Crippen LogP contribution in [0.25, 0.3) is 0 Å². The monoisotopic (exact) mass is 251 g/mol. The fourth-order valence-corrected chi connectivity index (χ4v) is 1.49. The molecule has 1 amide bonds. The highest BCUT2D eigenvalue weighted by atomic mass is 16.5. The average Bonchev–Trinajstić information content (AvgIpc) is 2.43. The summed E-state index contributed by atoms with van der Waals surface area (Å²) in [5, 5.41) is 2.82. The van der Waals surface area contributed by atoms with Crippen LogP contribution in [0, 0.1) is 5.92 Å². The van der Waals surface area contributed by atoms with Crippen LogP contribution < -0.4 is 15.8 Å². The molecule has 100 valence electrons. The van der Waals surface area contributed by atoms with Crippen molar-refractivity contribution in [2.24, 2.45) is 11.7 Å². The van der Waals surface area contributed by atoms with Crippen LogP contribution in [0.2, 0.25) is 0 Å². The van der Waals surface area contributed by atoms with Crippen molar-refractivity contribution in [2.45, 2.75) is 32.9 Å². The molecular formula is C13H21N3O2. The van der Waals surface area contributed by atoms with Crippen molar-refractivity contribution in [3.8, 4) is 5.88 Å². The molecule has 0 spiro atoms. The fraction of sp³-hybridized carbons (Fsp3) is 0.538. The lowest BCUT2D eigenvalue weighted by Crippen LogP contribution is -2.44. The normalized spacial score (nSPS) is 13.8. The van der Waals surface area contributed by atoms with E-state index in [1.165, 1.54) is 0 Å². The summed E-state index contributed by atoms with van der Waals surface area (Å²) in [6.45, 7) is 4.42. The van der Waals surface area contributed by atoms with Gasteiger partial charge in [0.2, 0.25) is 11.8 Å². The lowest BCUT2D eigenvalue weighted by Gasteiger charge is -2.17. The van der Waals surface area contributed by atoms with Crippen LogP contribution in [0.4, 0.5) is 0 Å². The van der Waals surface area contributed by atoms with Gasteiger partial charge in [0.25, 0.3) is 0 Å². The molecular weight excluding hydrogens is 230 g/mol. The molecule has 18 heavy (non-hydrogen) atoms. The van der Waals surface area contributed by atoms with Gasteiger partial charge in [-0.3, -0.25) is 4.79 Å². The van der Waals surface area contributed by atoms with E-state index >= 15 is 0 Å². The van der Waals surface area contributed by atoms with Gasteiger partial charge in [-0.05, 0) is 17.5 Å². The van der Waals surface area contributed by atoms with Gasteiger partial charge in [-0.1, -0.05) is 20.3 Å². The Labute approximate surface area is 108 Å². The highest BCUT2D eigenvalue weighted by Crippen LogP contribution is 2.09. The Kier molecular flexibility index (Phi) is 5.58. The van der Waals surface area contributed by atoms with Crippen LogP contribution in [0.3, 0.4) is 0 Å². The van der Waals surface area contributed by atoms with Crippen LogP contribution >= 0.6 is 0 Å². The molecule has 1 aromatic rings. The lowest BCUT2D eigenvalue weighted by molar-refractivity contribution is -0.123. The zero-order valence-corrected chi connectivity index (χ0v) is 11.1. The molecule has 5 nitrogen and oxygen atoms in total. The molecule has 0 aliphatic heterocycles. The molecule has 2 unspecified atom stereocenters. The van der Waals surface area contributed by atoms with Crippen molar-refractivity contribution in [3.63, 3.8) is 0 Å². The van der Waals surface area contributed by atoms with E-state index in [9.17, 15) is 4.79 Å². The number of nitrogens with two attached hydrogens (primary N) is 1. The summed E-state index contributed by atoms with van der Waals surface area (Å²) in [6, 6.07) is 3.16. The lowest BCUT2D eigenvalue weighted by atomic mass is 9.99. The van der Waals surface area contributed by atoms with Gasteiger partial charge in [-0.2, -0.15) is 0 Å². The number of nitrogens with zero attached hydrogens (tertiary/aromatic N) is 1. The molecule has 5 heteroatoms. The Bertz CT molecular complexity index is 396. The number of nitrogens with one attached hydrogen (secondary N) is 1. The maximum Gasteiger partial charge on any atom is 0.237 e. The average molecular weight is 251 g/mol. The standard InChI is InChI=1S/C13H21N3O2/c1-4-9(2)12(14)13(17)16-8-10-5-6-15-11(7-10)18-3/h5-7,9,12H,4,8,14H2,1-3H3,(H,16,17). The molecule has 0 fully saturated rings. The van der Waals surface area contributed by atoms with Gasteiger partial charge >= 0.3 is 0 Å². The minimum Gasteiger partial charge on any atom is -0.481 e. The van der Waals surface area contributed by atoms with Crippen LogP contribution in [0.1, 0.15) is 25.8 Å². The second kappa shape index (κ2) is 6.96. The van der Waals surface area contributed by atoms with E-state index in [-0.39, 0.29) is 11.8 Å². The molecule has 1 rings (SSSR count).